The lowest BCUT2D eigenvalue weighted by molar-refractivity contribution is 0.612. The van der Waals surface area contributed by atoms with E-state index in [1.165, 1.54) is 5.69 Å². The van der Waals surface area contributed by atoms with Gasteiger partial charge in [0.2, 0.25) is 0 Å². The minimum absolute atomic E-state index is 0.874. The van der Waals surface area contributed by atoms with Crippen LogP contribution in [0.15, 0.2) is 0 Å². The van der Waals surface area contributed by atoms with Gasteiger partial charge in [-0.2, -0.15) is 5.10 Å². The van der Waals surface area contributed by atoms with Crippen LogP contribution >= 0.6 is 0 Å². The molecule has 0 aliphatic heterocycles. The minimum atomic E-state index is 0.874. The summed E-state index contributed by atoms with van der Waals surface area (Å²) in [5, 5.41) is 4.34. The van der Waals surface area contributed by atoms with Crippen LogP contribution in [0.2, 0.25) is 0 Å². The summed E-state index contributed by atoms with van der Waals surface area (Å²) in [6.07, 6.45) is 2.15. The molecule has 0 saturated carbocycles. The van der Waals surface area contributed by atoms with Gasteiger partial charge in [0, 0.05) is 6.54 Å². The normalized spacial score (nSPS) is 10.6. The van der Waals surface area contributed by atoms with Gasteiger partial charge in [0.15, 0.2) is 0 Å². The third kappa shape index (κ3) is 1.44. The summed E-state index contributed by atoms with van der Waals surface area (Å²) >= 11 is 0. The number of hydrogen-bond donors (Lipinski definition) is 1. The molecule has 0 aliphatic carbocycles. The van der Waals surface area contributed by atoms with Crippen LogP contribution in [-0.4, -0.2) is 9.78 Å². The second kappa shape index (κ2) is 3.61. The van der Waals surface area contributed by atoms with E-state index in [0.29, 0.717) is 0 Å². The van der Waals surface area contributed by atoms with E-state index in [4.69, 9.17) is 5.73 Å². The van der Waals surface area contributed by atoms with Crippen LogP contribution in [0, 0.1) is 6.92 Å². The molecule has 1 heterocycles. The van der Waals surface area contributed by atoms with Crippen LogP contribution in [0.3, 0.4) is 0 Å². The van der Waals surface area contributed by atoms with Gasteiger partial charge in [-0.05, 0) is 20.3 Å². The number of nitrogens with zero attached hydrogens (tertiary/aromatic N) is 2. The first-order valence-corrected chi connectivity index (χ1v) is 4.52. The Morgan fingerprint density at radius 3 is 2.58 bits per heavy atom. The Morgan fingerprint density at radius 2 is 2.08 bits per heavy atom. The number of hydrogen-bond acceptors (Lipinski definition) is 2. The lowest BCUT2D eigenvalue weighted by Crippen LogP contribution is -2.03. The molecule has 3 nitrogen and oxygen atoms in total. The van der Waals surface area contributed by atoms with Crippen molar-refractivity contribution in [3.8, 4) is 0 Å². The molecule has 0 atom stereocenters. The minimum Gasteiger partial charge on any atom is -0.396 e. The molecule has 0 unspecified atom stereocenters. The standard InChI is InChI=1S/C9H17N3/c1-4-6-8-9(10)7(3)11-12(8)5-2/h4-6,10H2,1-3H3. The maximum Gasteiger partial charge on any atom is 0.0825 e. The fourth-order valence-electron chi connectivity index (χ4n) is 1.41. The Balaban J connectivity index is 3.03. The van der Waals surface area contributed by atoms with Crippen LogP contribution in [0.5, 0.6) is 0 Å². The van der Waals surface area contributed by atoms with Crippen molar-refractivity contribution in [2.75, 3.05) is 5.73 Å². The Bertz CT molecular complexity index is 263. The van der Waals surface area contributed by atoms with Crippen molar-refractivity contribution in [1.82, 2.24) is 9.78 Å². The van der Waals surface area contributed by atoms with Gasteiger partial charge in [-0.1, -0.05) is 13.3 Å². The molecule has 1 rings (SSSR count). The zero-order valence-corrected chi connectivity index (χ0v) is 8.09. The summed E-state index contributed by atoms with van der Waals surface area (Å²) in [7, 11) is 0. The van der Waals surface area contributed by atoms with Crippen LogP contribution in [-0.2, 0) is 13.0 Å². The van der Waals surface area contributed by atoms with Crippen molar-refractivity contribution in [2.45, 2.75) is 40.2 Å². The van der Waals surface area contributed by atoms with E-state index in [2.05, 4.69) is 18.9 Å². The highest BCUT2D eigenvalue weighted by molar-refractivity contribution is 5.47. The molecule has 12 heavy (non-hydrogen) atoms. The average Bonchev–Trinajstić information content (AvgIpc) is 2.33. The molecule has 0 saturated heterocycles. The van der Waals surface area contributed by atoms with E-state index in [-0.39, 0.29) is 0 Å². The third-order valence-corrected chi connectivity index (χ3v) is 2.07. The maximum absolute atomic E-state index is 5.88. The number of nitrogen functional groups attached to an aromatic ring is 1. The lowest BCUT2D eigenvalue weighted by atomic mass is 10.2. The van der Waals surface area contributed by atoms with Gasteiger partial charge in [-0.3, -0.25) is 4.68 Å². The monoisotopic (exact) mass is 167 g/mol. The van der Waals surface area contributed by atoms with Gasteiger partial charge in [-0.25, -0.2) is 0 Å². The van der Waals surface area contributed by atoms with E-state index in [9.17, 15) is 0 Å². The topological polar surface area (TPSA) is 43.8 Å². The molecule has 3 heteroatoms. The summed E-state index contributed by atoms with van der Waals surface area (Å²) in [6.45, 7) is 7.11. The highest BCUT2D eigenvalue weighted by atomic mass is 15.3. The van der Waals surface area contributed by atoms with Gasteiger partial charge < -0.3 is 5.73 Å². The molecule has 1 aromatic rings. The predicted octanol–water partition coefficient (Wildman–Crippen LogP) is 1.75. The molecule has 68 valence electrons. The second-order valence-corrected chi connectivity index (χ2v) is 3.01. The molecule has 0 amide bonds. The number of aryl methyl sites for hydroxylation is 2. The Morgan fingerprint density at radius 1 is 1.42 bits per heavy atom. The Labute approximate surface area is 73.6 Å². The van der Waals surface area contributed by atoms with Crippen molar-refractivity contribution in [3.63, 3.8) is 0 Å². The average molecular weight is 167 g/mol. The second-order valence-electron chi connectivity index (χ2n) is 3.01. The number of anilines is 1. The van der Waals surface area contributed by atoms with Crippen LogP contribution in [0.25, 0.3) is 0 Å². The summed E-state index contributed by atoms with van der Waals surface area (Å²) < 4.78 is 1.99. The van der Waals surface area contributed by atoms with E-state index in [1.807, 2.05) is 11.6 Å². The molecule has 2 N–H and O–H groups in total. The van der Waals surface area contributed by atoms with E-state index in [0.717, 1.165) is 30.8 Å². The van der Waals surface area contributed by atoms with Crippen LogP contribution in [0.4, 0.5) is 5.69 Å². The van der Waals surface area contributed by atoms with Crippen molar-refractivity contribution in [3.05, 3.63) is 11.4 Å². The molecular formula is C9H17N3. The smallest absolute Gasteiger partial charge is 0.0825 e. The number of rotatable bonds is 3. The fourth-order valence-corrected chi connectivity index (χ4v) is 1.41. The largest absolute Gasteiger partial charge is 0.396 e. The highest BCUT2D eigenvalue weighted by Gasteiger charge is 2.09. The van der Waals surface area contributed by atoms with Gasteiger partial charge in [0.1, 0.15) is 0 Å². The quantitative estimate of drug-likeness (QED) is 0.745. The first kappa shape index (κ1) is 9.10. The first-order chi connectivity index (χ1) is 5.70. The molecule has 0 aromatic carbocycles. The van der Waals surface area contributed by atoms with E-state index >= 15 is 0 Å². The molecule has 0 fully saturated rings. The predicted molar refractivity (Wildman–Crippen MR) is 51.0 cm³/mol. The zero-order chi connectivity index (χ0) is 9.14. The summed E-state index contributed by atoms with van der Waals surface area (Å²) in [5.41, 5.74) is 8.91. The highest BCUT2D eigenvalue weighted by Crippen LogP contribution is 2.17. The van der Waals surface area contributed by atoms with Crippen molar-refractivity contribution in [1.29, 1.82) is 0 Å². The van der Waals surface area contributed by atoms with Gasteiger partial charge in [0.25, 0.3) is 0 Å². The van der Waals surface area contributed by atoms with Gasteiger partial charge in [0.05, 0.1) is 17.1 Å². The molecule has 0 bridgehead atoms. The Hall–Kier alpha value is -0.990. The molecule has 0 radical (unpaired) electrons. The van der Waals surface area contributed by atoms with Crippen molar-refractivity contribution >= 4 is 5.69 Å². The van der Waals surface area contributed by atoms with Crippen LogP contribution < -0.4 is 5.73 Å². The zero-order valence-electron chi connectivity index (χ0n) is 8.09. The summed E-state index contributed by atoms with van der Waals surface area (Å²) in [6, 6.07) is 0. The summed E-state index contributed by atoms with van der Waals surface area (Å²) in [5.74, 6) is 0. The maximum atomic E-state index is 5.88. The molecule has 1 aromatic heterocycles. The van der Waals surface area contributed by atoms with E-state index < -0.39 is 0 Å². The van der Waals surface area contributed by atoms with Crippen molar-refractivity contribution in [2.24, 2.45) is 0 Å². The Kier molecular flexibility index (Phi) is 2.74. The fraction of sp³-hybridized carbons (Fsp3) is 0.667. The van der Waals surface area contributed by atoms with Crippen molar-refractivity contribution < 1.29 is 0 Å². The van der Waals surface area contributed by atoms with Gasteiger partial charge in [-0.15, -0.1) is 0 Å². The summed E-state index contributed by atoms with van der Waals surface area (Å²) in [4.78, 5) is 0. The lowest BCUT2D eigenvalue weighted by Gasteiger charge is -2.02. The van der Waals surface area contributed by atoms with E-state index in [1.54, 1.807) is 0 Å². The third-order valence-electron chi connectivity index (χ3n) is 2.07. The van der Waals surface area contributed by atoms with Gasteiger partial charge >= 0.3 is 0 Å². The molecular weight excluding hydrogens is 150 g/mol. The van der Waals surface area contributed by atoms with Crippen LogP contribution in [0.1, 0.15) is 31.7 Å². The number of aromatic nitrogens is 2. The first-order valence-electron chi connectivity index (χ1n) is 4.52. The molecule has 0 spiro atoms. The molecule has 0 aliphatic rings. The number of nitrogens with two attached hydrogens (primary N) is 1. The SMILES string of the molecule is CCCc1c(N)c(C)nn1CC.